The molecule has 188 valence electrons. The predicted octanol–water partition coefficient (Wildman–Crippen LogP) is 2.99. The maximum Gasteiger partial charge on any atom is 0.256 e. The van der Waals surface area contributed by atoms with Crippen LogP contribution in [0.15, 0.2) is 59.9 Å². The molecule has 1 saturated heterocycles. The molecule has 2 aliphatic heterocycles. The van der Waals surface area contributed by atoms with Crippen LogP contribution in [0.5, 0.6) is 0 Å². The van der Waals surface area contributed by atoms with Gasteiger partial charge in [0.1, 0.15) is 22.8 Å². The summed E-state index contributed by atoms with van der Waals surface area (Å²) in [5.41, 5.74) is 2.01. The molecule has 2 saturated carbocycles. The van der Waals surface area contributed by atoms with Crippen LogP contribution >= 0.6 is 0 Å². The molecule has 3 heterocycles. The number of aliphatic hydroxyl groups is 1. The molecule has 0 unspecified atom stereocenters. The van der Waals surface area contributed by atoms with Gasteiger partial charge >= 0.3 is 0 Å². The lowest BCUT2D eigenvalue weighted by Crippen LogP contribution is -2.57. The minimum atomic E-state index is -1.18. The summed E-state index contributed by atoms with van der Waals surface area (Å²) in [7, 11) is 0. The number of H-pyrrole nitrogens is 1. The zero-order valence-corrected chi connectivity index (χ0v) is 20.2. The Morgan fingerprint density at radius 2 is 1.70 bits per heavy atom. The van der Waals surface area contributed by atoms with Gasteiger partial charge in [-0.1, -0.05) is 30.3 Å². The Morgan fingerprint density at radius 1 is 1.03 bits per heavy atom. The SMILES string of the molecule is O=C(N1CC(CN2C(=O)C3(CC3)N=C2c2ccc(-c3ccc(-c4cn[nH]c4)cc3)cc2F)C1)C1(O)CC1. The second-order valence-electron chi connectivity index (χ2n) is 10.7. The third-order valence-corrected chi connectivity index (χ3v) is 8.01. The van der Waals surface area contributed by atoms with E-state index in [1.807, 2.05) is 36.5 Å². The lowest BCUT2D eigenvalue weighted by Gasteiger charge is -2.42. The molecule has 2 N–H and O–H groups in total. The van der Waals surface area contributed by atoms with Crippen molar-refractivity contribution in [1.29, 1.82) is 0 Å². The highest BCUT2D eigenvalue weighted by molar-refractivity contribution is 6.16. The molecule has 1 aromatic heterocycles. The number of likely N-dealkylation sites (tertiary alicyclic amines) is 1. The van der Waals surface area contributed by atoms with Gasteiger partial charge in [0.15, 0.2) is 0 Å². The number of amides is 2. The smallest absolute Gasteiger partial charge is 0.256 e. The van der Waals surface area contributed by atoms with Crippen LogP contribution in [0.25, 0.3) is 22.3 Å². The van der Waals surface area contributed by atoms with Crippen LogP contribution in [0.4, 0.5) is 4.39 Å². The summed E-state index contributed by atoms with van der Waals surface area (Å²) in [5, 5.41) is 16.9. The zero-order valence-electron chi connectivity index (χ0n) is 20.2. The summed E-state index contributed by atoms with van der Waals surface area (Å²) in [6, 6.07) is 12.9. The van der Waals surface area contributed by atoms with Crippen molar-refractivity contribution in [3.8, 4) is 22.3 Å². The number of hydrogen-bond acceptors (Lipinski definition) is 5. The van der Waals surface area contributed by atoms with E-state index in [1.165, 1.54) is 6.07 Å². The van der Waals surface area contributed by atoms with Gasteiger partial charge in [0.2, 0.25) is 0 Å². The number of carbonyl (C=O) groups excluding carboxylic acids is 2. The van der Waals surface area contributed by atoms with Crippen molar-refractivity contribution in [2.75, 3.05) is 19.6 Å². The van der Waals surface area contributed by atoms with Gasteiger partial charge in [0.25, 0.3) is 11.8 Å². The Hall–Kier alpha value is -3.85. The fraction of sp³-hybridized carbons (Fsp3) is 0.357. The molecule has 9 heteroatoms. The van der Waals surface area contributed by atoms with E-state index in [4.69, 9.17) is 4.99 Å². The Balaban J connectivity index is 1.10. The molecule has 1 spiro atoms. The van der Waals surface area contributed by atoms with E-state index in [9.17, 15) is 14.7 Å². The summed E-state index contributed by atoms with van der Waals surface area (Å²) in [5.74, 6) is -0.264. The van der Waals surface area contributed by atoms with Crippen molar-refractivity contribution in [1.82, 2.24) is 20.0 Å². The van der Waals surface area contributed by atoms with Crippen LogP contribution in [0, 0.1) is 11.7 Å². The molecule has 37 heavy (non-hydrogen) atoms. The Bertz CT molecular complexity index is 1430. The second-order valence-corrected chi connectivity index (χ2v) is 10.7. The van der Waals surface area contributed by atoms with Crippen LogP contribution in [0.2, 0.25) is 0 Å². The molecule has 3 aromatic rings. The van der Waals surface area contributed by atoms with E-state index in [2.05, 4.69) is 10.2 Å². The average molecular weight is 500 g/mol. The topological polar surface area (TPSA) is 102 Å². The van der Waals surface area contributed by atoms with Crippen LogP contribution < -0.4 is 0 Å². The van der Waals surface area contributed by atoms with Gasteiger partial charge in [-0.3, -0.25) is 24.6 Å². The molecular formula is C28H26FN5O3. The average Bonchev–Trinajstić information content (AvgIpc) is 3.74. The Labute approximate surface area is 212 Å². The molecule has 2 amide bonds. The summed E-state index contributed by atoms with van der Waals surface area (Å²) < 4.78 is 15.5. The van der Waals surface area contributed by atoms with E-state index in [0.29, 0.717) is 56.7 Å². The third kappa shape index (κ3) is 3.68. The number of aliphatic imine (C=N–C) groups is 1. The molecule has 4 aliphatic rings. The van der Waals surface area contributed by atoms with Gasteiger partial charge in [0.05, 0.1) is 11.8 Å². The van der Waals surface area contributed by atoms with E-state index in [0.717, 1.165) is 22.3 Å². The highest BCUT2D eigenvalue weighted by Gasteiger charge is 2.58. The van der Waals surface area contributed by atoms with Gasteiger partial charge in [0, 0.05) is 37.3 Å². The highest BCUT2D eigenvalue weighted by atomic mass is 19.1. The number of nitrogens with one attached hydrogen (secondary N) is 1. The lowest BCUT2D eigenvalue weighted by atomic mass is 9.97. The molecule has 2 aliphatic carbocycles. The van der Waals surface area contributed by atoms with Crippen molar-refractivity contribution in [3.63, 3.8) is 0 Å². The Morgan fingerprint density at radius 3 is 2.30 bits per heavy atom. The number of rotatable bonds is 6. The van der Waals surface area contributed by atoms with Crippen LogP contribution in [-0.2, 0) is 9.59 Å². The van der Waals surface area contributed by atoms with Gasteiger partial charge in [-0.05, 0) is 54.5 Å². The lowest BCUT2D eigenvalue weighted by molar-refractivity contribution is -0.149. The first kappa shape index (κ1) is 22.4. The molecule has 3 fully saturated rings. The maximum absolute atomic E-state index is 15.5. The number of nitrogens with zero attached hydrogens (tertiary/aromatic N) is 4. The fourth-order valence-corrected chi connectivity index (χ4v) is 5.35. The first-order valence-corrected chi connectivity index (χ1v) is 12.7. The summed E-state index contributed by atoms with van der Waals surface area (Å²) in [6.07, 6.45) is 5.95. The van der Waals surface area contributed by atoms with Gasteiger partial charge in [-0.2, -0.15) is 5.10 Å². The highest BCUT2D eigenvalue weighted by Crippen LogP contribution is 2.47. The van der Waals surface area contributed by atoms with E-state index >= 15 is 4.39 Å². The largest absolute Gasteiger partial charge is 0.380 e. The van der Waals surface area contributed by atoms with Gasteiger partial charge < -0.3 is 10.0 Å². The second kappa shape index (κ2) is 7.82. The van der Waals surface area contributed by atoms with E-state index in [-0.39, 0.29) is 17.7 Å². The summed E-state index contributed by atoms with van der Waals surface area (Å²) in [6.45, 7) is 1.36. The van der Waals surface area contributed by atoms with Crippen molar-refractivity contribution >= 4 is 17.6 Å². The Kier molecular flexibility index (Phi) is 4.73. The van der Waals surface area contributed by atoms with Crippen LogP contribution in [0.1, 0.15) is 31.2 Å². The van der Waals surface area contributed by atoms with Crippen molar-refractivity contribution < 1.29 is 19.1 Å². The predicted molar refractivity (Wildman–Crippen MR) is 134 cm³/mol. The monoisotopic (exact) mass is 499 g/mol. The molecule has 7 rings (SSSR count). The van der Waals surface area contributed by atoms with Crippen LogP contribution in [-0.4, -0.2) is 73.5 Å². The number of aromatic amines is 1. The van der Waals surface area contributed by atoms with Crippen molar-refractivity contribution in [2.24, 2.45) is 10.9 Å². The minimum Gasteiger partial charge on any atom is -0.380 e. The first-order valence-electron chi connectivity index (χ1n) is 12.7. The number of carbonyl (C=O) groups is 2. The minimum absolute atomic E-state index is 0.0745. The molecular weight excluding hydrogens is 473 g/mol. The molecule has 2 aromatic carbocycles. The van der Waals surface area contributed by atoms with Gasteiger partial charge in [-0.15, -0.1) is 0 Å². The maximum atomic E-state index is 15.5. The van der Waals surface area contributed by atoms with E-state index in [1.54, 1.807) is 22.1 Å². The quantitative estimate of drug-likeness (QED) is 0.544. The normalized spacial score (nSPS) is 21.2. The van der Waals surface area contributed by atoms with Crippen LogP contribution in [0.3, 0.4) is 0 Å². The van der Waals surface area contributed by atoms with Crippen molar-refractivity contribution in [3.05, 3.63) is 66.2 Å². The zero-order chi connectivity index (χ0) is 25.4. The third-order valence-electron chi connectivity index (χ3n) is 8.01. The summed E-state index contributed by atoms with van der Waals surface area (Å²) >= 11 is 0. The fourth-order valence-electron chi connectivity index (χ4n) is 5.35. The number of hydrogen-bond donors (Lipinski definition) is 2. The molecule has 0 radical (unpaired) electrons. The number of amidine groups is 1. The first-order chi connectivity index (χ1) is 17.9. The molecule has 8 nitrogen and oxygen atoms in total. The number of aromatic nitrogens is 2. The number of halogens is 1. The van der Waals surface area contributed by atoms with E-state index < -0.39 is 17.0 Å². The molecule has 0 atom stereocenters. The van der Waals surface area contributed by atoms with Gasteiger partial charge in [-0.25, -0.2) is 4.39 Å². The molecule has 0 bridgehead atoms. The van der Waals surface area contributed by atoms with Crippen molar-refractivity contribution in [2.45, 2.75) is 36.8 Å². The number of benzene rings is 2. The standard InChI is InChI=1S/C28H26FN5O3/c29-23-11-20(18-1-3-19(4-2-18)21-12-30-31-13-21)5-6-22(23)24-32-27(7-8-27)25(35)34(24)16-17-14-33(15-17)26(36)28(37)9-10-28/h1-6,11-13,17,37H,7-10,14-16H2,(H,30,31). The summed E-state index contributed by atoms with van der Waals surface area (Å²) in [4.78, 5) is 33.5.